The molecule has 0 radical (unpaired) electrons. The Morgan fingerprint density at radius 1 is 1.06 bits per heavy atom. The summed E-state index contributed by atoms with van der Waals surface area (Å²) in [7, 11) is 0. The number of carbonyl (C=O) groups excluding carboxylic acids is 1. The zero-order valence-corrected chi connectivity index (χ0v) is 18.6. The number of carboxylic acid groups (broad SMARTS) is 1. The minimum atomic E-state index is -0.779. The fraction of sp³-hybridized carbons (Fsp3) is 0.400. The van der Waals surface area contributed by atoms with Crippen molar-refractivity contribution in [1.82, 2.24) is 14.9 Å². The van der Waals surface area contributed by atoms with Crippen molar-refractivity contribution in [2.75, 3.05) is 11.4 Å². The second-order valence-corrected chi connectivity index (χ2v) is 9.15. The average Bonchev–Trinajstić information content (AvgIpc) is 3.48. The number of carboxylic acids is 1. The molecular formula is C25H26F2N4O3. The summed E-state index contributed by atoms with van der Waals surface area (Å²) >= 11 is 0. The third-order valence-corrected chi connectivity index (χ3v) is 7.06. The molecule has 9 heteroatoms. The molecule has 1 aliphatic carbocycles. The van der Waals surface area contributed by atoms with Crippen molar-refractivity contribution >= 4 is 23.1 Å². The number of hydrogen-bond acceptors (Lipinski definition) is 4. The van der Waals surface area contributed by atoms with Crippen LogP contribution in [0.5, 0.6) is 0 Å². The van der Waals surface area contributed by atoms with E-state index < -0.39 is 17.6 Å². The zero-order chi connectivity index (χ0) is 23.8. The first-order chi connectivity index (χ1) is 16.4. The summed E-state index contributed by atoms with van der Waals surface area (Å²) in [5.41, 5.74) is 2.20. The molecule has 1 saturated carbocycles. The predicted octanol–water partition coefficient (Wildman–Crippen LogP) is 4.33. The molecule has 0 spiro atoms. The number of amides is 1. The molecule has 3 heterocycles. The van der Waals surface area contributed by atoms with E-state index in [9.17, 15) is 18.4 Å². The Labute approximate surface area is 195 Å². The molecule has 1 saturated heterocycles. The van der Waals surface area contributed by atoms with E-state index in [-0.39, 0.29) is 23.9 Å². The summed E-state index contributed by atoms with van der Waals surface area (Å²) in [5, 5.41) is 16.5. The maximum Gasteiger partial charge on any atom is 0.306 e. The number of aromatic nitrogens is 2. The molecule has 1 atom stereocenters. The van der Waals surface area contributed by atoms with Gasteiger partial charge >= 0.3 is 5.97 Å². The number of nitrogens with zero attached hydrogens (tertiary/aromatic N) is 3. The van der Waals surface area contributed by atoms with Crippen LogP contribution in [0.3, 0.4) is 0 Å². The van der Waals surface area contributed by atoms with Gasteiger partial charge in [-0.05, 0) is 68.9 Å². The molecule has 2 N–H and O–H groups in total. The van der Waals surface area contributed by atoms with Crippen LogP contribution < -0.4 is 10.2 Å². The predicted molar refractivity (Wildman–Crippen MR) is 122 cm³/mol. The third kappa shape index (κ3) is 4.22. The van der Waals surface area contributed by atoms with Crippen molar-refractivity contribution in [3.05, 3.63) is 65.5 Å². The number of rotatable bonds is 5. The minimum absolute atomic E-state index is 0.0693. The van der Waals surface area contributed by atoms with Crippen molar-refractivity contribution < 1.29 is 23.5 Å². The number of fused-ring (bicyclic) bond motifs is 1. The lowest BCUT2D eigenvalue weighted by Gasteiger charge is -2.28. The highest BCUT2D eigenvalue weighted by Gasteiger charge is 2.30. The molecule has 0 bridgehead atoms. The van der Waals surface area contributed by atoms with Crippen LogP contribution in [0.4, 0.5) is 14.5 Å². The molecule has 1 amide bonds. The molecular weight excluding hydrogens is 442 g/mol. The van der Waals surface area contributed by atoms with Gasteiger partial charge in [0.2, 0.25) is 0 Å². The maximum absolute atomic E-state index is 14.5. The Kier molecular flexibility index (Phi) is 5.93. The van der Waals surface area contributed by atoms with Gasteiger partial charge in [0.15, 0.2) is 0 Å². The molecule has 34 heavy (non-hydrogen) atoms. The van der Waals surface area contributed by atoms with Gasteiger partial charge in [-0.15, -0.1) is 0 Å². The van der Waals surface area contributed by atoms with E-state index in [0.717, 1.165) is 24.2 Å². The van der Waals surface area contributed by atoms with Gasteiger partial charge in [0.05, 0.1) is 29.2 Å². The van der Waals surface area contributed by atoms with Crippen LogP contribution in [0.2, 0.25) is 0 Å². The van der Waals surface area contributed by atoms with Gasteiger partial charge in [0, 0.05) is 30.0 Å². The Balaban J connectivity index is 1.37. The first kappa shape index (κ1) is 22.3. The molecule has 5 rings (SSSR count). The Hall–Kier alpha value is -3.49. The van der Waals surface area contributed by atoms with Crippen LogP contribution in [0.1, 0.15) is 60.5 Å². The van der Waals surface area contributed by atoms with Gasteiger partial charge in [-0.25, -0.2) is 13.3 Å². The van der Waals surface area contributed by atoms with Crippen molar-refractivity contribution in [3.63, 3.8) is 0 Å². The van der Waals surface area contributed by atoms with E-state index in [2.05, 4.69) is 10.4 Å². The quantitative estimate of drug-likeness (QED) is 0.582. The molecule has 7 nitrogen and oxygen atoms in total. The zero-order valence-electron chi connectivity index (χ0n) is 18.6. The maximum atomic E-state index is 14.5. The number of carbonyl (C=O) groups is 2. The van der Waals surface area contributed by atoms with E-state index in [1.165, 1.54) is 12.3 Å². The van der Waals surface area contributed by atoms with Gasteiger partial charge in [0.1, 0.15) is 11.6 Å². The fourth-order valence-electron chi connectivity index (χ4n) is 5.24. The first-order valence-electron chi connectivity index (χ1n) is 11.6. The average molecular weight is 469 g/mol. The third-order valence-electron chi connectivity index (χ3n) is 7.06. The van der Waals surface area contributed by atoms with E-state index in [1.807, 2.05) is 17.0 Å². The number of pyridine rings is 1. The number of anilines is 1. The smallest absolute Gasteiger partial charge is 0.306 e. The number of halogens is 2. The van der Waals surface area contributed by atoms with E-state index in [4.69, 9.17) is 5.11 Å². The Bertz CT molecular complexity index is 1240. The van der Waals surface area contributed by atoms with Crippen LogP contribution in [-0.4, -0.2) is 39.2 Å². The molecule has 2 aliphatic rings. The summed E-state index contributed by atoms with van der Waals surface area (Å²) in [5.74, 6) is -2.27. The lowest BCUT2D eigenvalue weighted by molar-refractivity contribution is -0.142. The van der Waals surface area contributed by atoms with Crippen LogP contribution in [0.25, 0.3) is 5.52 Å². The SMILES string of the molecule is O=C(NC1CCC(C(=O)O)CC1)c1cnn2ccc(N3CCC[C@@H]3c3cc(F)ccc3F)cc12. The normalized spacial score (nSPS) is 22.8. The lowest BCUT2D eigenvalue weighted by Crippen LogP contribution is -2.38. The highest BCUT2D eigenvalue weighted by atomic mass is 19.1. The molecule has 0 unspecified atom stereocenters. The molecule has 1 aliphatic heterocycles. The van der Waals surface area contributed by atoms with Crippen molar-refractivity contribution in [2.45, 2.75) is 50.6 Å². The van der Waals surface area contributed by atoms with Crippen LogP contribution in [-0.2, 0) is 4.79 Å². The fourth-order valence-corrected chi connectivity index (χ4v) is 5.24. The summed E-state index contributed by atoms with van der Waals surface area (Å²) in [6.45, 7) is 0.694. The number of nitrogens with one attached hydrogen (secondary N) is 1. The molecule has 3 aromatic rings. The molecule has 2 fully saturated rings. The van der Waals surface area contributed by atoms with Gasteiger partial charge in [-0.1, -0.05) is 0 Å². The first-order valence-corrected chi connectivity index (χ1v) is 11.6. The van der Waals surface area contributed by atoms with Crippen LogP contribution in [0.15, 0.2) is 42.7 Å². The Morgan fingerprint density at radius 2 is 1.85 bits per heavy atom. The minimum Gasteiger partial charge on any atom is -0.481 e. The molecule has 178 valence electrons. The number of hydrogen-bond donors (Lipinski definition) is 2. The number of benzene rings is 1. The van der Waals surface area contributed by atoms with Crippen molar-refractivity contribution in [1.29, 1.82) is 0 Å². The largest absolute Gasteiger partial charge is 0.481 e. The monoisotopic (exact) mass is 468 g/mol. The summed E-state index contributed by atoms with van der Waals surface area (Å²) in [6.07, 6.45) is 7.18. The van der Waals surface area contributed by atoms with Crippen molar-refractivity contribution in [3.8, 4) is 0 Å². The van der Waals surface area contributed by atoms with Crippen LogP contribution >= 0.6 is 0 Å². The van der Waals surface area contributed by atoms with E-state index in [0.29, 0.717) is 55.3 Å². The standard InChI is InChI=1S/C25H26F2N4O3/c26-16-5-8-21(27)19(12-16)22-2-1-10-30(22)18-9-11-31-23(13-18)20(14-28-31)24(32)29-17-6-3-15(4-7-17)25(33)34/h5,8-9,11-15,17,22H,1-4,6-7,10H2,(H,29,32)(H,33,34)/t15?,17?,22-/m1/s1. The molecule has 1 aromatic carbocycles. The Morgan fingerprint density at radius 3 is 2.62 bits per heavy atom. The van der Waals surface area contributed by atoms with E-state index in [1.54, 1.807) is 10.7 Å². The van der Waals surface area contributed by atoms with Crippen LogP contribution in [0, 0.1) is 17.6 Å². The van der Waals surface area contributed by atoms with E-state index >= 15 is 0 Å². The van der Waals surface area contributed by atoms with Gasteiger partial charge < -0.3 is 15.3 Å². The lowest BCUT2D eigenvalue weighted by atomic mass is 9.86. The second-order valence-electron chi connectivity index (χ2n) is 9.15. The second kappa shape index (κ2) is 9.04. The van der Waals surface area contributed by atoms with Crippen molar-refractivity contribution in [2.24, 2.45) is 5.92 Å². The highest BCUT2D eigenvalue weighted by Crippen LogP contribution is 2.38. The van der Waals surface area contributed by atoms with Gasteiger partial charge in [0.25, 0.3) is 5.91 Å². The number of aliphatic carboxylic acids is 1. The topological polar surface area (TPSA) is 86.9 Å². The summed E-state index contributed by atoms with van der Waals surface area (Å²) in [6, 6.07) is 6.91. The summed E-state index contributed by atoms with van der Waals surface area (Å²) in [4.78, 5) is 26.2. The highest BCUT2D eigenvalue weighted by molar-refractivity contribution is 6.01. The molecule has 2 aromatic heterocycles. The summed E-state index contributed by atoms with van der Waals surface area (Å²) < 4.78 is 29.9. The van der Waals surface area contributed by atoms with Gasteiger partial charge in [-0.3, -0.25) is 9.59 Å². The van der Waals surface area contributed by atoms with Gasteiger partial charge in [-0.2, -0.15) is 5.10 Å².